The molecule has 0 amide bonds. The number of ketones is 1. The van der Waals surface area contributed by atoms with Crippen molar-refractivity contribution in [1.29, 1.82) is 0 Å². The van der Waals surface area contributed by atoms with Crippen LogP contribution < -0.4 is 5.32 Å². The van der Waals surface area contributed by atoms with E-state index in [1.165, 1.54) is 4.68 Å². The highest BCUT2D eigenvalue weighted by Crippen LogP contribution is 2.41. The van der Waals surface area contributed by atoms with E-state index in [-0.39, 0.29) is 25.1 Å². The summed E-state index contributed by atoms with van der Waals surface area (Å²) in [5.74, 6) is -5.28. The van der Waals surface area contributed by atoms with Gasteiger partial charge in [-0.1, -0.05) is 0 Å². The lowest BCUT2D eigenvalue weighted by molar-refractivity contribution is -0.171. The highest BCUT2D eigenvalue weighted by molar-refractivity contribution is 5.83. The Morgan fingerprint density at radius 1 is 1.38 bits per heavy atom. The van der Waals surface area contributed by atoms with Gasteiger partial charge in [0, 0.05) is 44.5 Å². The van der Waals surface area contributed by atoms with Crippen LogP contribution in [0.4, 0.5) is 22.0 Å². The number of carbonyl (C=O) groups excluding carboxylic acids is 1. The molecule has 1 aromatic heterocycles. The third kappa shape index (κ3) is 3.31. The number of nitrogens with zero attached hydrogens (tertiary/aromatic N) is 2. The molecule has 0 bridgehead atoms. The van der Waals surface area contributed by atoms with E-state index >= 15 is 0 Å². The van der Waals surface area contributed by atoms with Gasteiger partial charge in [-0.25, -0.2) is 0 Å². The summed E-state index contributed by atoms with van der Waals surface area (Å²) in [7, 11) is 0. The summed E-state index contributed by atoms with van der Waals surface area (Å²) in [4.78, 5) is 11.0. The van der Waals surface area contributed by atoms with Crippen molar-refractivity contribution in [3.63, 3.8) is 0 Å². The zero-order valence-corrected chi connectivity index (χ0v) is 12.9. The molecule has 1 N–H and O–H groups in total. The van der Waals surface area contributed by atoms with E-state index in [1.807, 2.05) is 0 Å². The fraction of sp³-hybridized carbons (Fsp3) is 0.733. The van der Waals surface area contributed by atoms with Crippen LogP contribution in [0, 0.1) is 5.92 Å². The normalized spacial score (nSPS) is 23.3. The molecule has 4 nitrogen and oxygen atoms in total. The largest absolute Gasteiger partial charge is 0.449 e. The summed E-state index contributed by atoms with van der Waals surface area (Å²) in [5.41, 5.74) is 1.03. The van der Waals surface area contributed by atoms with E-state index in [0.29, 0.717) is 30.8 Å². The molecule has 0 saturated heterocycles. The van der Waals surface area contributed by atoms with Crippen LogP contribution in [0.2, 0.25) is 0 Å². The molecule has 0 saturated carbocycles. The molecule has 0 aromatic carbocycles. The number of alkyl halides is 5. The van der Waals surface area contributed by atoms with Crippen molar-refractivity contribution in [2.45, 2.75) is 57.3 Å². The minimum Gasteiger partial charge on any atom is -0.312 e. The molecule has 2 aliphatic rings. The van der Waals surface area contributed by atoms with Gasteiger partial charge in [0.1, 0.15) is 5.69 Å². The van der Waals surface area contributed by atoms with Crippen LogP contribution in [0.1, 0.15) is 42.6 Å². The van der Waals surface area contributed by atoms with Gasteiger partial charge < -0.3 is 5.32 Å². The van der Waals surface area contributed by atoms with Crippen molar-refractivity contribution < 1.29 is 26.7 Å². The van der Waals surface area contributed by atoms with E-state index in [2.05, 4.69) is 10.4 Å². The Hall–Kier alpha value is -1.51. The number of halogens is 5. The van der Waals surface area contributed by atoms with Gasteiger partial charge in [-0.05, 0) is 18.8 Å². The Balaban J connectivity index is 1.79. The summed E-state index contributed by atoms with van der Waals surface area (Å²) in [6.07, 6.45) is -5.40. The van der Waals surface area contributed by atoms with Gasteiger partial charge in [-0.15, -0.1) is 0 Å². The number of hydrogen-bond acceptors (Lipinski definition) is 3. The molecule has 2 aliphatic heterocycles. The van der Waals surface area contributed by atoms with Crippen molar-refractivity contribution in [2.75, 3.05) is 6.54 Å². The molecule has 1 atom stereocenters. The number of carbonyl (C=O) groups is 1. The zero-order valence-electron chi connectivity index (χ0n) is 12.9. The molecule has 0 radical (unpaired) electrons. The van der Waals surface area contributed by atoms with Crippen LogP contribution in [-0.2, 0) is 30.2 Å². The summed E-state index contributed by atoms with van der Waals surface area (Å²) in [5, 5.41) is 7.31. The molecule has 134 valence electrons. The molecule has 1 aromatic rings. The zero-order chi connectivity index (χ0) is 17.5. The molecule has 0 fully saturated rings. The van der Waals surface area contributed by atoms with Gasteiger partial charge in [-0.2, -0.15) is 27.1 Å². The second kappa shape index (κ2) is 6.09. The Morgan fingerprint density at radius 3 is 2.83 bits per heavy atom. The number of rotatable bonds is 3. The first kappa shape index (κ1) is 17.3. The maximum absolute atomic E-state index is 14.5. The van der Waals surface area contributed by atoms with Crippen LogP contribution in [0.5, 0.6) is 0 Å². The molecule has 1 unspecified atom stereocenters. The van der Waals surface area contributed by atoms with Crippen molar-refractivity contribution >= 4 is 5.78 Å². The molecule has 3 rings (SSSR count). The lowest BCUT2D eigenvalue weighted by Crippen LogP contribution is -2.26. The predicted molar refractivity (Wildman–Crippen MR) is 74.6 cm³/mol. The van der Waals surface area contributed by atoms with Gasteiger partial charge in [0.25, 0.3) is 5.92 Å². The number of aromatic nitrogens is 2. The van der Waals surface area contributed by atoms with E-state index in [9.17, 15) is 26.7 Å². The molecular formula is C15H18F5N3O. The summed E-state index contributed by atoms with van der Waals surface area (Å²) >= 11 is 0. The minimum atomic E-state index is -4.86. The van der Waals surface area contributed by atoms with Crippen LogP contribution in [0.25, 0.3) is 0 Å². The van der Waals surface area contributed by atoms with Crippen LogP contribution in [-0.4, -0.2) is 28.3 Å². The predicted octanol–water partition coefficient (Wildman–Crippen LogP) is 2.94. The second-order valence-corrected chi connectivity index (χ2v) is 6.45. The van der Waals surface area contributed by atoms with Gasteiger partial charge in [0.2, 0.25) is 5.78 Å². The summed E-state index contributed by atoms with van der Waals surface area (Å²) in [6, 6.07) is 0. The van der Waals surface area contributed by atoms with Gasteiger partial charge in [0.05, 0.1) is 5.69 Å². The van der Waals surface area contributed by atoms with E-state index in [1.54, 1.807) is 0 Å². The van der Waals surface area contributed by atoms with E-state index < -0.39 is 36.6 Å². The first-order valence-corrected chi connectivity index (χ1v) is 7.96. The molecule has 0 spiro atoms. The quantitative estimate of drug-likeness (QED) is 0.852. The number of nitrogens with one attached hydrogen (secondary N) is 1. The van der Waals surface area contributed by atoms with Gasteiger partial charge >= 0.3 is 6.18 Å². The SMILES string of the molecule is O=C(CCC1CCC(F)(F)c2c3c(nn2C1)CCNC3)C(F)(F)F. The Kier molecular flexibility index (Phi) is 4.39. The Labute approximate surface area is 135 Å². The van der Waals surface area contributed by atoms with Crippen LogP contribution in [0.15, 0.2) is 0 Å². The molecule has 9 heteroatoms. The highest BCUT2D eigenvalue weighted by Gasteiger charge is 2.43. The van der Waals surface area contributed by atoms with Crippen LogP contribution >= 0.6 is 0 Å². The van der Waals surface area contributed by atoms with Crippen LogP contribution in [0.3, 0.4) is 0 Å². The average Bonchev–Trinajstić information content (AvgIpc) is 2.81. The lowest BCUT2D eigenvalue weighted by atomic mass is 9.94. The van der Waals surface area contributed by atoms with Gasteiger partial charge in [-0.3, -0.25) is 9.48 Å². The first-order chi connectivity index (χ1) is 11.2. The van der Waals surface area contributed by atoms with Crippen molar-refractivity contribution in [1.82, 2.24) is 15.1 Å². The maximum atomic E-state index is 14.5. The monoisotopic (exact) mass is 351 g/mol. The fourth-order valence-corrected chi connectivity index (χ4v) is 3.45. The fourth-order valence-electron chi connectivity index (χ4n) is 3.45. The topological polar surface area (TPSA) is 46.9 Å². The van der Waals surface area contributed by atoms with Gasteiger partial charge in [0.15, 0.2) is 0 Å². The maximum Gasteiger partial charge on any atom is 0.449 e. The first-order valence-electron chi connectivity index (χ1n) is 7.96. The number of Topliss-reactive ketones (excluding diaryl/α,β-unsaturated/α-hetero) is 1. The Morgan fingerprint density at radius 2 is 2.12 bits per heavy atom. The van der Waals surface area contributed by atoms with Crippen molar-refractivity contribution in [3.05, 3.63) is 17.0 Å². The third-order valence-electron chi connectivity index (χ3n) is 4.71. The summed E-state index contributed by atoms with van der Waals surface area (Å²) < 4.78 is 67.2. The molecule has 0 aliphatic carbocycles. The van der Waals surface area contributed by atoms with E-state index in [4.69, 9.17) is 0 Å². The average molecular weight is 351 g/mol. The number of hydrogen-bond donors (Lipinski definition) is 1. The lowest BCUT2D eigenvalue weighted by Gasteiger charge is -2.19. The molecular weight excluding hydrogens is 333 g/mol. The highest BCUT2D eigenvalue weighted by atomic mass is 19.4. The second-order valence-electron chi connectivity index (χ2n) is 6.45. The minimum absolute atomic E-state index is 0.0589. The van der Waals surface area contributed by atoms with E-state index in [0.717, 1.165) is 0 Å². The third-order valence-corrected chi connectivity index (χ3v) is 4.71. The Bertz CT molecular complexity index is 638. The van der Waals surface area contributed by atoms with Crippen molar-refractivity contribution in [3.8, 4) is 0 Å². The smallest absolute Gasteiger partial charge is 0.312 e. The standard InChI is InChI=1S/C15H18F5N3O/c16-14(17)5-3-9(1-2-12(24)15(18,19)20)8-23-13(14)10-7-21-6-4-11(10)22-23/h9,21H,1-8H2. The number of fused-ring (bicyclic) bond motifs is 3. The van der Waals surface area contributed by atoms with Crippen molar-refractivity contribution in [2.24, 2.45) is 5.92 Å². The molecule has 24 heavy (non-hydrogen) atoms. The summed E-state index contributed by atoms with van der Waals surface area (Å²) in [6.45, 7) is 1.12. The molecule has 3 heterocycles.